The summed E-state index contributed by atoms with van der Waals surface area (Å²) in [5.74, 6) is 1.36. The summed E-state index contributed by atoms with van der Waals surface area (Å²) in [6.07, 6.45) is 0. The fourth-order valence-electron chi connectivity index (χ4n) is 3.83. The number of benzene rings is 4. The van der Waals surface area contributed by atoms with Gasteiger partial charge < -0.3 is 0 Å². The zero-order chi connectivity index (χ0) is 25.6. The third-order valence-corrected chi connectivity index (χ3v) is 7.73. The second kappa shape index (κ2) is 11.2. The Bertz CT molecular complexity index is 1610. The van der Waals surface area contributed by atoms with E-state index in [2.05, 4.69) is 30.3 Å². The van der Waals surface area contributed by atoms with Crippen LogP contribution in [-0.2, 0) is 11.5 Å². The van der Waals surface area contributed by atoms with Crippen molar-refractivity contribution in [2.45, 2.75) is 21.7 Å². The number of nitriles is 1. The van der Waals surface area contributed by atoms with Crippen LogP contribution in [0, 0.1) is 21.4 Å². The summed E-state index contributed by atoms with van der Waals surface area (Å²) in [6.45, 7) is 0. The first-order valence-electron chi connectivity index (χ1n) is 11.4. The molecule has 0 saturated carbocycles. The van der Waals surface area contributed by atoms with Crippen LogP contribution in [0.2, 0.25) is 0 Å². The topological polar surface area (TPSA) is 92.7 Å². The molecule has 1 heterocycles. The highest BCUT2D eigenvalue weighted by Gasteiger charge is 2.11. The molecule has 5 rings (SSSR count). The first kappa shape index (κ1) is 24.5. The fourth-order valence-corrected chi connectivity index (χ4v) is 5.67. The summed E-state index contributed by atoms with van der Waals surface area (Å²) in [6, 6.07) is 32.7. The Balaban J connectivity index is 1.32. The number of rotatable bonds is 8. The lowest BCUT2D eigenvalue weighted by atomic mass is 10.00. The molecule has 0 aliphatic rings. The largest absolute Gasteiger partial charge is 0.269 e. The van der Waals surface area contributed by atoms with E-state index in [4.69, 9.17) is 9.97 Å². The molecule has 0 aliphatic carbocycles. The molecular formula is C29H20N4O2S2. The van der Waals surface area contributed by atoms with Gasteiger partial charge in [0.2, 0.25) is 0 Å². The lowest BCUT2D eigenvalue weighted by Gasteiger charge is -2.09. The number of nitro groups is 1. The highest BCUT2D eigenvalue weighted by Crippen LogP contribution is 2.32. The van der Waals surface area contributed by atoms with E-state index in [9.17, 15) is 15.4 Å². The summed E-state index contributed by atoms with van der Waals surface area (Å²) >= 11 is 3.17. The molecule has 37 heavy (non-hydrogen) atoms. The summed E-state index contributed by atoms with van der Waals surface area (Å²) in [7, 11) is 0. The van der Waals surface area contributed by atoms with Crippen LogP contribution in [0.4, 0.5) is 5.69 Å². The van der Waals surface area contributed by atoms with Crippen molar-refractivity contribution < 1.29 is 4.92 Å². The molecule has 180 valence electrons. The molecule has 5 aromatic rings. The van der Waals surface area contributed by atoms with Crippen molar-refractivity contribution in [3.63, 3.8) is 0 Å². The van der Waals surface area contributed by atoms with E-state index in [-0.39, 0.29) is 5.69 Å². The molecule has 0 atom stereocenters. The van der Waals surface area contributed by atoms with Gasteiger partial charge in [0.1, 0.15) is 5.03 Å². The third-order valence-electron chi connectivity index (χ3n) is 5.75. The van der Waals surface area contributed by atoms with Gasteiger partial charge >= 0.3 is 0 Å². The average Bonchev–Trinajstić information content (AvgIpc) is 2.95. The van der Waals surface area contributed by atoms with Crippen molar-refractivity contribution in [3.05, 3.63) is 124 Å². The van der Waals surface area contributed by atoms with Gasteiger partial charge in [0, 0.05) is 29.0 Å². The van der Waals surface area contributed by atoms with E-state index in [1.165, 1.54) is 23.9 Å². The number of hydrogen-bond donors (Lipinski definition) is 0. The van der Waals surface area contributed by atoms with Crippen LogP contribution in [0.5, 0.6) is 0 Å². The summed E-state index contributed by atoms with van der Waals surface area (Å²) in [5.41, 5.74) is 5.71. The second-order valence-electron chi connectivity index (χ2n) is 8.18. The number of hydrogen-bond acceptors (Lipinski definition) is 7. The van der Waals surface area contributed by atoms with E-state index >= 15 is 0 Å². The Kier molecular flexibility index (Phi) is 7.45. The molecule has 6 nitrogen and oxygen atoms in total. The van der Waals surface area contributed by atoms with Gasteiger partial charge in [-0.05, 0) is 34.4 Å². The molecular weight excluding hydrogens is 500 g/mol. The van der Waals surface area contributed by atoms with Crippen molar-refractivity contribution in [2.75, 3.05) is 0 Å². The molecule has 0 spiro atoms. The van der Waals surface area contributed by atoms with Crippen LogP contribution in [0.25, 0.3) is 22.0 Å². The van der Waals surface area contributed by atoms with Gasteiger partial charge in [-0.1, -0.05) is 84.6 Å². The predicted molar refractivity (Wildman–Crippen MR) is 148 cm³/mol. The van der Waals surface area contributed by atoms with Gasteiger partial charge in [0.05, 0.1) is 22.1 Å². The van der Waals surface area contributed by atoms with E-state index in [1.807, 2.05) is 48.5 Å². The normalized spacial score (nSPS) is 10.8. The Hall–Kier alpha value is -4.19. The lowest BCUT2D eigenvalue weighted by molar-refractivity contribution is -0.384. The Morgan fingerprint density at radius 3 is 2.16 bits per heavy atom. The highest BCUT2D eigenvalue weighted by molar-refractivity contribution is 7.99. The number of nitro benzene ring substituents is 1. The Labute approximate surface area is 222 Å². The zero-order valence-electron chi connectivity index (χ0n) is 19.6. The van der Waals surface area contributed by atoms with E-state index in [0.717, 1.165) is 43.9 Å². The average molecular weight is 521 g/mol. The second-order valence-corrected chi connectivity index (χ2v) is 10.1. The van der Waals surface area contributed by atoms with E-state index < -0.39 is 4.92 Å². The van der Waals surface area contributed by atoms with E-state index in [1.54, 1.807) is 23.9 Å². The monoisotopic (exact) mass is 520 g/mol. The van der Waals surface area contributed by atoms with Crippen LogP contribution < -0.4 is 0 Å². The zero-order valence-corrected chi connectivity index (χ0v) is 21.2. The van der Waals surface area contributed by atoms with Crippen molar-refractivity contribution >= 4 is 40.1 Å². The van der Waals surface area contributed by atoms with Gasteiger partial charge in [-0.15, -0.1) is 11.8 Å². The standard InChI is InChI=1S/C29H20N4O2S2/c30-17-23-5-1-2-6-25(23)22-13-9-20(10-14-22)18-36-28-26-7-3-4-8-27(26)31-29(32-28)37-19-21-11-15-24(16-12-21)33(34)35/h1-16H,18-19H2. The molecule has 1 aromatic heterocycles. The molecule has 4 aromatic carbocycles. The number of non-ortho nitro benzene ring substituents is 1. The fraction of sp³-hybridized carbons (Fsp3) is 0.0690. The van der Waals surface area contributed by atoms with Crippen molar-refractivity contribution in [1.82, 2.24) is 9.97 Å². The minimum atomic E-state index is -0.397. The number of thioether (sulfide) groups is 2. The van der Waals surface area contributed by atoms with Gasteiger partial charge in [0.15, 0.2) is 5.16 Å². The minimum absolute atomic E-state index is 0.0803. The Morgan fingerprint density at radius 1 is 0.784 bits per heavy atom. The first-order valence-corrected chi connectivity index (χ1v) is 13.4. The molecule has 0 N–H and O–H groups in total. The predicted octanol–water partition coefficient (Wildman–Crippen LogP) is 7.66. The first-order chi connectivity index (χ1) is 18.1. The van der Waals surface area contributed by atoms with Gasteiger partial charge in [-0.25, -0.2) is 9.97 Å². The molecule has 0 unspecified atom stereocenters. The molecule has 0 saturated heterocycles. The third kappa shape index (κ3) is 5.80. The number of aromatic nitrogens is 2. The van der Waals surface area contributed by atoms with E-state index in [0.29, 0.717) is 16.5 Å². The van der Waals surface area contributed by atoms with Gasteiger partial charge in [0.25, 0.3) is 5.69 Å². The lowest BCUT2D eigenvalue weighted by Crippen LogP contribution is -1.94. The molecule has 8 heteroatoms. The summed E-state index contributed by atoms with van der Waals surface area (Å²) in [4.78, 5) is 20.0. The maximum absolute atomic E-state index is 10.9. The SMILES string of the molecule is N#Cc1ccccc1-c1ccc(CSc2nc(SCc3ccc([N+](=O)[O-])cc3)nc3ccccc23)cc1. The molecule has 0 radical (unpaired) electrons. The van der Waals surface area contributed by atoms with Crippen molar-refractivity contribution in [3.8, 4) is 17.2 Å². The van der Waals surface area contributed by atoms with Crippen LogP contribution in [0.1, 0.15) is 16.7 Å². The number of nitrogens with zero attached hydrogens (tertiary/aromatic N) is 4. The number of para-hydroxylation sites is 1. The van der Waals surface area contributed by atoms with Crippen LogP contribution in [0.15, 0.2) is 107 Å². The molecule has 0 fully saturated rings. The smallest absolute Gasteiger partial charge is 0.258 e. The van der Waals surface area contributed by atoms with Crippen molar-refractivity contribution in [2.24, 2.45) is 0 Å². The number of fused-ring (bicyclic) bond motifs is 1. The molecule has 0 amide bonds. The summed E-state index contributed by atoms with van der Waals surface area (Å²) in [5, 5.41) is 22.9. The highest BCUT2D eigenvalue weighted by atomic mass is 32.2. The summed E-state index contributed by atoms with van der Waals surface area (Å²) < 4.78 is 0. The quantitative estimate of drug-likeness (QED) is 0.0681. The Morgan fingerprint density at radius 2 is 1.43 bits per heavy atom. The van der Waals surface area contributed by atoms with Crippen LogP contribution >= 0.6 is 23.5 Å². The van der Waals surface area contributed by atoms with Crippen LogP contribution in [-0.4, -0.2) is 14.9 Å². The van der Waals surface area contributed by atoms with Gasteiger partial charge in [-0.3, -0.25) is 10.1 Å². The molecule has 0 bridgehead atoms. The maximum atomic E-state index is 10.9. The molecule has 0 aliphatic heterocycles. The maximum Gasteiger partial charge on any atom is 0.269 e. The van der Waals surface area contributed by atoms with Gasteiger partial charge in [-0.2, -0.15) is 5.26 Å². The van der Waals surface area contributed by atoms with Crippen molar-refractivity contribution in [1.29, 1.82) is 5.26 Å². The minimum Gasteiger partial charge on any atom is -0.258 e. The van der Waals surface area contributed by atoms with Crippen LogP contribution in [0.3, 0.4) is 0 Å².